The molecule has 202 valence electrons. The Bertz CT molecular complexity index is 1060. The minimum atomic E-state index is -1.44. The average molecular weight is 519 g/mol. The average Bonchev–Trinajstić information content (AvgIpc) is 3.63. The Hall–Kier alpha value is -2.53. The standard InChI is InChI=1S/C27H34O10/c1-15-8-9-33-21(29)6-4-5-7-22(30)37-18-11-20-27(14-35-27)25(18,3)26(13-34-24(32)23(15)31)12-17(28)16(2)10-19(26)36-20/h4-7,10,15,17-20,23,28,31H,8-9,11-14H2,1-3H3/b6-4+,7-5+/t15-,17+,18-,19+,20-,23-,25+,26+,27-/m1/s1. The van der Waals surface area contributed by atoms with Crippen molar-refractivity contribution in [3.05, 3.63) is 36.0 Å². The highest BCUT2D eigenvalue weighted by molar-refractivity contribution is 5.84. The van der Waals surface area contributed by atoms with E-state index in [9.17, 15) is 24.6 Å². The summed E-state index contributed by atoms with van der Waals surface area (Å²) in [5.41, 5.74) is -1.84. The van der Waals surface area contributed by atoms with E-state index in [1.807, 2.05) is 19.9 Å². The fourth-order valence-electron chi connectivity index (χ4n) is 6.66. The summed E-state index contributed by atoms with van der Waals surface area (Å²) in [6.45, 7) is 5.67. The molecule has 2 aliphatic carbocycles. The minimum Gasteiger partial charge on any atom is -0.463 e. The fraction of sp³-hybridized carbons (Fsp3) is 0.667. The highest BCUT2D eigenvalue weighted by Gasteiger charge is 2.83. The second-order valence-electron chi connectivity index (χ2n) is 11.1. The third-order valence-electron chi connectivity index (χ3n) is 9.22. The lowest BCUT2D eigenvalue weighted by Gasteiger charge is -2.58. The molecule has 2 N–H and O–H groups in total. The van der Waals surface area contributed by atoms with Gasteiger partial charge in [-0.05, 0) is 31.3 Å². The van der Waals surface area contributed by atoms with E-state index in [0.717, 1.165) is 5.57 Å². The molecule has 3 aliphatic heterocycles. The SMILES string of the molecule is CC1=C[C@@H]2O[C@@H]3C[C@H]4OC(=O)/C=C/C=C/C(=O)OCC[C@@H](C)[C@@H](O)C(=O)OC[C@]2(C[C@@H]1O)[C@@]4(C)[C@@]31CO1. The van der Waals surface area contributed by atoms with Crippen LogP contribution in [0.5, 0.6) is 0 Å². The molecule has 0 aromatic carbocycles. The number of cyclic esters (lactones) is 2. The van der Waals surface area contributed by atoms with Gasteiger partial charge in [-0.15, -0.1) is 0 Å². The molecule has 37 heavy (non-hydrogen) atoms. The number of carbonyl (C=O) groups is 3. The van der Waals surface area contributed by atoms with Gasteiger partial charge in [0.2, 0.25) is 0 Å². The van der Waals surface area contributed by atoms with Crippen LogP contribution in [0.15, 0.2) is 36.0 Å². The topological polar surface area (TPSA) is 141 Å². The molecule has 10 heteroatoms. The van der Waals surface area contributed by atoms with Crippen LogP contribution in [-0.4, -0.2) is 84.1 Å². The Morgan fingerprint density at radius 3 is 2.41 bits per heavy atom. The molecule has 0 aromatic rings. The number of aliphatic hydroxyl groups is 2. The van der Waals surface area contributed by atoms with Crippen molar-refractivity contribution in [2.75, 3.05) is 19.8 Å². The molecular weight excluding hydrogens is 484 g/mol. The Labute approximate surface area is 215 Å². The summed E-state index contributed by atoms with van der Waals surface area (Å²) in [6.07, 6.45) is 4.09. The Morgan fingerprint density at radius 1 is 1.00 bits per heavy atom. The number of esters is 3. The van der Waals surface area contributed by atoms with E-state index in [4.69, 9.17) is 23.7 Å². The maximum absolute atomic E-state index is 13.0. The van der Waals surface area contributed by atoms with Crippen molar-refractivity contribution >= 4 is 17.9 Å². The lowest BCUT2D eigenvalue weighted by atomic mass is 9.51. The van der Waals surface area contributed by atoms with Crippen molar-refractivity contribution in [3.8, 4) is 0 Å². The Balaban J connectivity index is 1.54. The number of allylic oxidation sites excluding steroid dienone is 2. The molecule has 5 aliphatic rings. The van der Waals surface area contributed by atoms with Gasteiger partial charge < -0.3 is 33.9 Å². The lowest BCUT2D eigenvalue weighted by Crippen LogP contribution is -2.68. The lowest BCUT2D eigenvalue weighted by molar-refractivity contribution is -0.240. The van der Waals surface area contributed by atoms with Crippen LogP contribution < -0.4 is 0 Å². The third kappa shape index (κ3) is 4.05. The van der Waals surface area contributed by atoms with Gasteiger partial charge in [-0.3, -0.25) is 0 Å². The summed E-state index contributed by atoms with van der Waals surface area (Å²) in [6, 6.07) is 0. The third-order valence-corrected chi connectivity index (χ3v) is 9.22. The second-order valence-corrected chi connectivity index (χ2v) is 11.1. The minimum absolute atomic E-state index is 0.00243. The quantitative estimate of drug-likeness (QED) is 0.208. The first-order chi connectivity index (χ1) is 17.5. The van der Waals surface area contributed by atoms with Gasteiger partial charge in [0, 0.05) is 24.0 Å². The molecule has 9 atom stereocenters. The van der Waals surface area contributed by atoms with Gasteiger partial charge >= 0.3 is 17.9 Å². The number of hydrogen-bond acceptors (Lipinski definition) is 10. The normalized spacial score (nSPS) is 47.9. The smallest absolute Gasteiger partial charge is 0.335 e. The van der Waals surface area contributed by atoms with Gasteiger partial charge in [-0.2, -0.15) is 0 Å². The van der Waals surface area contributed by atoms with E-state index in [1.165, 1.54) is 24.3 Å². The highest BCUT2D eigenvalue weighted by atomic mass is 16.6. The first-order valence-electron chi connectivity index (χ1n) is 12.8. The van der Waals surface area contributed by atoms with Crippen molar-refractivity contribution in [2.24, 2.45) is 16.7 Å². The van der Waals surface area contributed by atoms with Crippen molar-refractivity contribution < 1.29 is 48.3 Å². The van der Waals surface area contributed by atoms with Crippen LogP contribution >= 0.6 is 0 Å². The van der Waals surface area contributed by atoms with Crippen LogP contribution in [0, 0.1) is 16.7 Å². The number of hydrogen-bond donors (Lipinski definition) is 2. The molecule has 2 saturated heterocycles. The molecule has 10 nitrogen and oxygen atoms in total. The second kappa shape index (κ2) is 9.34. The van der Waals surface area contributed by atoms with Crippen LogP contribution in [0.4, 0.5) is 0 Å². The molecule has 0 amide bonds. The Kier molecular flexibility index (Phi) is 6.59. The van der Waals surface area contributed by atoms with Gasteiger partial charge in [0.15, 0.2) is 6.10 Å². The van der Waals surface area contributed by atoms with Crippen molar-refractivity contribution in [3.63, 3.8) is 0 Å². The molecule has 0 aromatic heterocycles. The van der Waals surface area contributed by atoms with Gasteiger partial charge in [0.1, 0.15) is 18.3 Å². The molecule has 2 spiro atoms. The molecule has 3 heterocycles. The maximum atomic E-state index is 13.0. The van der Waals surface area contributed by atoms with Gasteiger partial charge in [-0.25, -0.2) is 14.4 Å². The highest BCUT2D eigenvalue weighted by Crippen LogP contribution is 2.72. The van der Waals surface area contributed by atoms with E-state index in [1.54, 1.807) is 6.92 Å². The summed E-state index contributed by atoms with van der Waals surface area (Å²) in [4.78, 5) is 37.6. The van der Waals surface area contributed by atoms with Crippen molar-refractivity contribution in [2.45, 2.75) is 76.2 Å². The van der Waals surface area contributed by atoms with Gasteiger partial charge in [-0.1, -0.05) is 32.1 Å². The predicted octanol–water partition coefficient (Wildman–Crippen LogP) is 1.14. The van der Waals surface area contributed by atoms with Gasteiger partial charge in [0.25, 0.3) is 0 Å². The van der Waals surface area contributed by atoms with E-state index in [-0.39, 0.29) is 32.2 Å². The molecular formula is C27H34O10. The van der Waals surface area contributed by atoms with Crippen LogP contribution in [0.3, 0.4) is 0 Å². The summed E-state index contributed by atoms with van der Waals surface area (Å²) in [5, 5.41) is 21.6. The van der Waals surface area contributed by atoms with Crippen LogP contribution in [0.25, 0.3) is 0 Å². The zero-order chi connectivity index (χ0) is 26.6. The van der Waals surface area contributed by atoms with E-state index in [0.29, 0.717) is 13.0 Å². The fourth-order valence-corrected chi connectivity index (χ4v) is 6.66. The first-order valence-corrected chi connectivity index (χ1v) is 12.8. The molecule has 2 bridgehead atoms. The molecule has 5 rings (SSSR count). The Morgan fingerprint density at radius 2 is 1.70 bits per heavy atom. The van der Waals surface area contributed by atoms with Crippen molar-refractivity contribution in [1.29, 1.82) is 0 Å². The van der Waals surface area contributed by atoms with Gasteiger partial charge in [0.05, 0.1) is 36.9 Å². The first kappa shape index (κ1) is 26.1. The molecule has 1 saturated carbocycles. The zero-order valence-corrected chi connectivity index (χ0v) is 21.3. The number of ether oxygens (including phenoxy) is 5. The molecule has 3 fully saturated rings. The zero-order valence-electron chi connectivity index (χ0n) is 21.3. The number of aliphatic hydroxyl groups excluding tert-OH is 2. The number of carbonyl (C=O) groups excluding carboxylic acids is 3. The summed E-state index contributed by atoms with van der Waals surface area (Å²) < 4.78 is 29.3. The molecule has 0 unspecified atom stereocenters. The summed E-state index contributed by atoms with van der Waals surface area (Å²) in [7, 11) is 0. The van der Waals surface area contributed by atoms with E-state index in [2.05, 4.69) is 0 Å². The predicted molar refractivity (Wildman–Crippen MR) is 127 cm³/mol. The van der Waals surface area contributed by atoms with E-state index < -0.39 is 64.7 Å². The number of epoxide rings is 1. The van der Waals surface area contributed by atoms with Crippen LogP contribution in [0.1, 0.15) is 40.0 Å². The molecule has 0 radical (unpaired) electrons. The number of rotatable bonds is 0. The van der Waals surface area contributed by atoms with Crippen LogP contribution in [0.2, 0.25) is 0 Å². The summed E-state index contributed by atoms with van der Waals surface area (Å²) in [5.74, 6) is -2.57. The largest absolute Gasteiger partial charge is 0.463 e. The van der Waals surface area contributed by atoms with Crippen molar-refractivity contribution in [1.82, 2.24) is 0 Å². The maximum Gasteiger partial charge on any atom is 0.335 e. The monoisotopic (exact) mass is 518 g/mol. The summed E-state index contributed by atoms with van der Waals surface area (Å²) >= 11 is 0. The van der Waals surface area contributed by atoms with Crippen LogP contribution in [-0.2, 0) is 38.1 Å². The van der Waals surface area contributed by atoms with E-state index >= 15 is 0 Å².